The second-order valence-electron chi connectivity index (χ2n) is 6.26. The Morgan fingerprint density at radius 1 is 1.13 bits per heavy atom. The van der Waals surface area contributed by atoms with Crippen LogP contribution in [0.2, 0.25) is 0 Å². The zero-order valence-corrected chi connectivity index (χ0v) is 18.1. The standard InChI is InChI=1S/C19H20N8OS2/c1-27-16(10-12-6-5-9-29-12)25-26-19(27)30-11-15-22-17(20)24-18(23-15)21-13-7-3-4-8-14(13)28-2/h3-9H,10-11H2,1-2H3,(H3,20,21,22,23,24). The number of methoxy groups -OCH3 is 1. The number of anilines is 3. The zero-order valence-electron chi connectivity index (χ0n) is 16.4. The van der Waals surface area contributed by atoms with Crippen LogP contribution >= 0.6 is 23.1 Å². The lowest BCUT2D eigenvalue weighted by molar-refractivity contribution is 0.417. The van der Waals surface area contributed by atoms with E-state index in [0.29, 0.717) is 23.3 Å². The fourth-order valence-electron chi connectivity index (χ4n) is 2.75. The van der Waals surface area contributed by atoms with Crippen molar-refractivity contribution >= 4 is 40.7 Å². The summed E-state index contributed by atoms with van der Waals surface area (Å²) in [5.74, 6) is 3.14. The molecule has 0 amide bonds. The van der Waals surface area contributed by atoms with Gasteiger partial charge < -0.3 is 20.4 Å². The number of nitrogen functional groups attached to an aromatic ring is 1. The van der Waals surface area contributed by atoms with E-state index >= 15 is 0 Å². The molecule has 0 aliphatic rings. The molecular weight excluding hydrogens is 420 g/mol. The average molecular weight is 441 g/mol. The van der Waals surface area contributed by atoms with Crippen LogP contribution in [0.5, 0.6) is 5.75 Å². The van der Waals surface area contributed by atoms with E-state index in [-0.39, 0.29) is 5.95 Å². The molecule has 30 heavy (non-hydrogen) atoms. The van der Waals surface area contributed by atoms with Crippen LogP contribution in [-0.4, -0.2) is 36.8 Å². The van der Waals surface area contributed by atoms with Crippen molar-refractivity contribution in [3.8, 4) is 5.75 Å². The molecule has 0 radical (unpaired) electrons. The number of rotatable bonds is 8. The minimum atomic E-state index is 0.148. The predicted molar refractivity (Wildman–Crippen MR) is 118 cm³/mol. The number of thiophene rings is 1. The largest absolute Gasteiger partial charge is 0.495 e. The number of hydrogen-bond acceptors (Lipinski definition) is 10. The molecule has 0 aliphatic carbocycles. The van der Waals surface area contributed by atoms with Crippen LogP contribution in [0.3, 0.4) is 0 Å². The number of nitrogens with zero attached hydrogens (tertiary/aromatic N) is 6. The molecular formula is C19H20N8OS2. The molecule has 4 rings (SSSR count). The van der Waals surface area contributed by atoms with Gasteiger partial charge in [-0.25, -0.2) is 0 Å². The van der Waals surface area contributed by atoms with Crippen LogP contribution in [0.15, 0.2) is 46.9 Å². The minimum Gasteiger partial charge on any atom is -0.495 e. The number of hydrogen-bond donors (Lipinski definition) is 2. The summed E-state index contributed by atoms with van der Waals surface area (Å²) >= 11 is 3.20. The Bertz CT molecular complexity index is 1130. The predicted octanol–water partition coefficient (Wildman–Crippen LogP) is 3.28. The molecule has 0 saturated heterocycles. The maximum Gasteiger partial charge on any atom is 0.232 e. The summed E-state index contributed by atoms with van der Waals surface area (Å²) in [6.45, 7) is 0. The molecule has 4 aromatic rings. The highest BCUT2D eigenvalue weighted by molar-refractivity contribution is 7.98. The summed E-state index contributed by atoms with van der Waals surface area (Å²) in [6, 6.07) is 11.6. The van der Waals surface area contributed by atoms with Gasteiger partial charge in [-0.3, -0.25) is 0 Å². The normalized spacial score (nSPS) is 10.9. The summed E-state index contributed by atoms with van der Waals surface area (Å²) in [7, 11) is 3.57. The smallest absolute Gasteiger partial charge is 0.232 e. The third-order valence-corrected chi connectivity index (χ3v) is 6.11. The topological polar surface area (TPSA) is 117 Å². The minimum absolute atomic E-state index is 0.148. The summed E-state index contributed by atoms with van der Waals surface area (Å²) in [5.41, 5.74) is 6.63. The highest BCUT2D eigenvalue weighted by Gasteiger charge is 2.13. The first kappa shape index (κ1) is 20.1. The highest BCUT2D eigenvalue weighted by Crippen LogP contribution is 2.26. The van der Waals surface area contributed by atoms with Gasteiger partial charge in [0.15, 0.2) is 5.16 Å². The van der Waals surface area contributed by atoms with E-state index in [0.717, 1.165) is 23.1 Å². The fourth-order valence-corrected chi connectivity index (χ4v) is 4.24. The Labute approximate surface area is 181 Å². The van der Waals surface area contributed by atoms with E-state index in [1.54, 1.807) is 18.4 Å². The molecule has 0 bridgehead atoms. The molecule has 11 heteroatoms. The first-order valence-electron chi connectivity index (χ1n) is 9.06. The summed E-state index contributed by atoms with van der Waals surface area (Å²) in [5, 5.41) is 14.6. The molecule has 0 aliphatic heterocycles. The molecule has 1 aromatic carbocycles. The zero-order chi connectivity index (χ0) is 20.9. The van der Waals surface area contributed by atoms with Gasteiger partial charge in [-0.15, -0.1) is 21.5 Å². The molecule has 3 aromatic heterocycles. The summed E-state index contributed by atoms with van der Waals surface area (Å²) < 4.78 is 7.34. The van der Waals surface area contributed by atoms with Crippen LogP contribution in [0.25, 0.3) is 0 Å². The number of para-hydroxylation sites is 2. The molecule has 3 N–H and O–H groups in total. The van der Waals surface area contributed by atoms with E-state index in [1.807, 2.05) is 41.9 Å². The molecule has 154 valence electrons. The van der Waals surface area contributed by atoms with Gasteiger partial charge in [-0.1, -0.05) is 30.0 Å². The Kier molecular flexibility index (Phi) is 6.10. The van der Waals surface area contributed by atoms with Crippen molar-refractivity contribution in [2.75, 3.05) is 18.2 Å². The molecule has 0 spiro atoms. The second-order valence-corrected chi connectivity index (χ2v) is 8.24. The fraction of sp³-hybridized carbons (Fsp3) is 0.211. The van der Waals surface area contributed by atoms with Crippen LogP contribution in [0, 0.1) is 0 Å². The second kappa shape index (κ2) is 9.09. The molecule has 3 heterocycles. The average Bonchev–Trinajstić information content (AvgIpc) is 3.37. The van der Waals surface area contributed by atoms with Gasteiger partial charge in [0.2, 0.25) is 11.9 Å². The first-order valence-corrected chi connectivity index (χ1v) is 10.9. The van der Waals surface area contributed by atoms with E-state index in [2.05, 4.69) is 41.9 Å². The van der Waals surface area contributed by atoms with Gasteiger partial charge in [-0.05, 0) is 23.6 Å². The van der Waals surface area contributed by atoms with Crippen LogP contribution < -0.4 is 15.8 Å². The maximum absolute atomic E-state index is 5.89. The molecule has 0 saturated carbocycles. The van der Waals surface area contributed by atoms with Crippen LogP contribution in [0.4, 0.5) is 17.6 Å². The lowest BCUT2D eigenvalue weighted by atomic mass is 10.3. The number of thioether (sulfide) groups is 1. The van der Waals surface area contributed by atoms with Gasteiger partial charge in [0.05, 0.1) is 18.6 Å². The van der Waals surface area contributed by atoms with Crippen molar-refractivity contribution in [2.24, 2.45) is 7.05 Å². The highest BCUT2D eigenvalue weighted by atomic mass is 32.2. The Morgan fingerprint density at radius 3 is 2.80 bits per heavy atom. The van der Waals surface area contributed by atoms with E-state index in [4.69, 9.17) is 10.5 Å². The Morgan fingerprint density at radius 2 is 2.00 bits per heavy atom. The summed E-state index contributed by atoms with van der Waals surface area (Å²) in [4.78, 5) is 14.1. The molecule has 0 atom stereocenters. The Balaban J connectivity index is 1.46. The monoisotopic (exact) mass is 440 g/mol. The molecule has 0 unspecified atom stereocenters. The third-order valence-electron chi connectivity index (χ3n) is 4.22. The lowest BCUT2D eigenvalue weighted by Gasteiger charge is -2.10. The molecule has 9 nitrogen and oxygen atoms in total. The van der Waals surface area contributed by atoms with Crippen molar-refractivity contribution in [1.29, 1.82) is 0 Å². The van der Waals surface area contributed by atoms with Gasteiger partial charge >= 0.3 is 0 Å². The van der Waals surface area contributed by atoms with E-state index in [1.165, 1.54) is 16.6 Å². The SMILES string of the molecule is COc1ccccc1Nc1nc(N)nc(CSc2nnc(Cc3cccs3)n2C)n1. The van der Waals surface area contributed by atoms with Gasteiger partial charge in [-0.2, -0.15) is 15.0 Å². The van der Waals surface area contributed by atoms with Gasteiger partial charge in [0.25, 0.3) is 0 Å². The first-order chi connectivity index (χ1) is 14.6. The van der Waals surface area contributed by atoms with Crippen molar-refractivity contribution in [3.05, 3.63) is 58.3 Å². The lowest BCUT2D eigenvalue weighted by Crippen LogP contribution is -2.07. The van der Waals surface area contributed by atoms with Crippen LogP contribution in [-0.2, 0) is 19.2 Å². The van der Waals surface area contributed by atoms with Gasteiger partial charge in [0, 0.05) is 18.3 Å². The quantitative estimate of drug-likeness (QED) is 0.398. The van der Waals surface area contributed by atoms with E-state index in [9.17, 15) is 0 Å². The number of ether oxygens (including phenoxy) is 1. The van der Waals surface area contributed by atoms with Crippen LogP contribution in [0.1, 0.15) is 16.5 Å². The van der Waals surface area contributed by atoms with Crippen molar-refractivity contribution < 1.29 is 4.74 Å². The van der Waals surface area contributed by atoms with Crippen molar-refractivity contribution in [1.82, 2.24) is 29.7 Å². The third kappa shape index (κ3) is 4.69. The maximum atomic E-state index is 5.89. The summed E-state index contributed by atoms with van der Waals surface area (Å²) in [6.07, 6.45) is 0.757. The van der Waals surface area contributed by atoms with Crippen molar-refractivity contribution in [3.63, 3.8) is 0 Å². The molecule has 0 fully saturated rings. The number of nitrogens with one attached hydrogen (secondary N) is 1. The number of aromatic nitrogens is 6. The van der Waals surface area contributed by atoms with Crippen molar-refractivity contribution in [2.45, 2.75) is 17.3 Å². The van der Waals surface area contributed by atoms with E-state index < -0.39 is 0 Å². The Hall–Kier alpha value is -3.18. The van der Waals surface area contributed by atoms with Gasteiger partial charge in [0.1, 0.15) is 17.4 Å². The number of benzene rings is 1. The number of nitrogens with two attached hydrogens (primary N) is 1.